The summed E-state index contributed by atoms with van der Waals surface area (Å²) < 4.78 is 4.14. The summed E-state index contributed by atoms with van der Waals surface area (Å²) in [5.74, 6) is -0.147. The second-order valence-electron chi connectivity index (χ2n) is 7.78. The van der Waals surface area contributed by atoms with Gasteiger partial charge in [-0.25, -0.2) is 9.78 Å². The van der Waals surface area contributed by atoms with Gasteiger partial charge in [0.25, 0.3) is 11.5 Å². The van der Waals surface area contributed by atoms with E-state index in [2.05, 4.69) is 15.6 Å². The van der Waals surface area contributed by atoms with Crippen molar-refractivity contribution in [2.24, 2.45) is 14.1 Å². The summed E-state index contributed by atoms with van der Waals surface area (Å²) in [6.45, 7) is 1.44. The smallest absolute Gasteiger partial charge is 0.332 e. The second kappa shape index (κ2) is 9.56. The number of aromatic nitrogens is 4. The Morgan fingerprint density at radius 2 is 1.67 bits per heavy atom. The summed E-state index contributed by atoms with van der Waals surface area (Å²) in [5, 5.41) is 6.25. The van der Waals surface area contributed by atoms with E-state index in [0.29, 0.717) is 42.0 Å². The summed E-state index contributed by atoms with van der Waals surface area (Å²) in [6.07, 6.45) is 2.31. The number of nitrogens with one attached hydrogen (secondary N) is 2. The first-order valence-corrected chi connectivity index (χ1v) is 10.7. The Labute approximate surface area is 190 Å². The SMILES string of the molecule is Cn1c(=O)c2c(ncn2CCNc2ccccc2C(=O)NCCc2ccccc2)n(C)c1=O. The molecule has 0 bridgehead atoms. The number of carbonyl (C=O) groups is 1. The van der Waals surface area contributed by atoms with Crippen molar-refractivity contribution in [3.63, 3.8) is 0 Å². The molecule has 0 spiro atoms. The lowest BCUT2D eigenvalue weighted by Crippen LogP contribution is -2.37. The number of aryl methyl sites for hydroxylation is 1. The molecule has 0 aliphatic rings. The third-order valence-corrected chi connectivity index (χ3v) is 5.60. The number of carbonyl (C=O) groups excluding carboxylic acids is 1. The highest BCUT2D eigenvalue weighted by molar-refractivity contribution is 5.99. The predicted octanol–water partition coefficient (Wildman–Crippen LogP) is 1.52. The third kappa shape index (κ3) is 4.57. The van der Waals surface area contributed by atoms with Crippen LogP contribution in [0.5, 0.6) is 0 Å². The van der Waals surface area contributed by atoms with Crippen molar-refractivity contribution in [3.05, 3.63) is 92.9 Å². The number of para-hydroxylation sites is 1. The molecule has 4 aromatic rings. The van der Waals surface area contributed by atoms with Crippen molar-refractivity contribution in [2.45, 2.75) is 13.0 Å². The molecule has 2 heterocycles. The fourth-order valence-corrected chi connectivity index (χ4v) is 3.77. The van der Waals surface area contributed by atoms with Crippen LogP contribution in [-0.4, -0.2) is 37.7 Å². The van der Waals surface area contributed by atoms with E-state index in [1.54, 1.807) is 24.0 Å². The van der Waals surface area contributed by atoms with E-state index in [1.165, 1.54) is 17.2 Å². The highest BCUT2D eigenvalue weighted by Crippen LogP contribution is 2.15. The molecule has 0 saturated carbocycles. The second-order valence-corrected chi connectivity index (χ2v) is 7.78. The van der Waals surface area contributed by atoms with Gasteiger partial charge in [0.05, 0.1) is 11.9 Å². The molecular weight excluding hydrogens is 420 g/mol. The monoisotopic (exact) mass is 446 g/mol. The number of benzene rings is 2. The molecule has 2 aromatic carbocycles. The molecule has 1 amide bonds. The highest BCUT2D eigenvalue weighted by Gasteiger charge is 2.14. The lowest BCUT2D eigenvalue weighted by Gasteiger charge is -2.13. The van der Waals surface area contributed by atoms with E-state index < -0.39 is 5.69 Å². The summed E-state index contributed by atoms with van der Waals surface area (Å²) >= 11 is 0. The first kappa shape index (κ1) is 22.1. The first-order valence-electron chi connectivity index (χ1n) is 10.7. The normalized spacial score (nSPS) is 11.0. The minimum Gasteiger partial charge on any atom is -0.383 e. The lowest BCUT2D eigenvalue weighted by molar-refractivity contribution is 0.0955. The Kier molecular flexibility index (Phi) is 6.39. The molecule has 0 unspecified atom stereocenters. The van der Waals surface area contributed by atoms with Gasteiger partial charge in [-0.05, 0) is 24.1 Å². The topological polar surface area (TPSA) is 103 Å². The summed E-state index contributed by atoms with van der Waals surface area (Å²) in [5.41, 5.74) is 2.35. The van der Waals surface area contributed by atoms with E-state index in [-0.39, 0.29) is 11.5 Å². The maximum atomic E-state index is 12.7. The van der Waals surface area contributed by atoms with Crippen LogP contribution in [0.25, 0.3) is 11.2 Å². The molecule has 33 heavy (non-hydrogen) atoms. The van der Waals surface area contributed by atoms with E-state index in [1.807, 2.05) is 48.5 Å². The number of rotatable bonds is 8. The number of hydrogen-bond acceptors (Lipinski definition) is 5. The van der Waals surface area contributed by atoms with Crippen LogP contribution < -0.4 is 21.9 Å². The average Bonchev–Trinajstić information content (AvgIpc) is 3.26. The number of amides is 1. The first-order chi connectivity index (χ1) is 16.0. The molecule has 9 nitrogen and oxygen atoms in total. The number of fused-ring (bicyclic) bond motifs is 1. The Hall–Kier alpha value is -4.14. The molecule has 0 fully saturated rings. The maximum Gasteiger partial charge on any atom is 0.332 e. The van der Waals surface area contributed by atoms with Gasteiger partial charge in [0.2, 0.25) is 0 Å². The van der Waals surface area contributed by atoms with Gasteiger partial charge in [-0.3, -0.25) is 18.7 Å². The van der Waals surface area contributed by atoms with E-state index >= 15 is 0 Å². The largest absolute Gasteiger partial charge is 0.383 e. The maximum absolute atomic E-state index is 12.7. The number of hydrogen-bond donors (Lipinski definition) is 2. The quantitative estimate of drug-likeness (QED) is 0.427. The van der Waals surface area contributed by atoms with Crippen LogP contribution in [0.3, 0.4) is 0 Å². The zero-order valence-electron chi connectivity index (χ0n) is 18.6. The van der Waals surface area contributed by atoms with E-state index in [4.69, 9.17) is 0 Å². The van der Waals surface area contributed by atoms with Gasteiger partial charge < -0.3 is 15.2 Å². The van der Waals surface area contributed by atoms with Gasteiger partial charge in [0.15, 0.2) is 11.2 Å². The van der Waals surface area contributed by atoms with Crippen molar-refractivity contribution >= 4 is 22.8 Å². The van der Waals surface area contributed by atoms with Crippen molar-refractivity contribution in [2.75, 3.05) is 18.4 Å². The van der Waals surface area contributed by atoms with Crippen LogP contribution in [0, 0.1) is 0 Å². The Morgan fingerprint density at radius 3 is 2.45 bits per heavy atom. The van der Waals surface area contributed by atoms with Gasteiger partial charge >= 0.3 is 5.69 Å². The number of anilines is 1. The van der Waals surface area contributed by atoms with Crippen LogP contribution in [0.2, 0.25) is 0 Å². The highest BCUT2D eigenvalue weighted by atomic mass is 16.2. The van der Waals surface area contributed by atoms with E-state index in [0.717, 1.165) is 11.0 Å². The van der Waals surface area contributed by atoms with Crippen molar-refractivity contribution in [1.82, 2.24) is 24.0 Å². The Bertz CT molecular complexity index is 1400. The van der Waals surface area contributed by atoms with E-state index in [9.17, 15) is 14.4 Å². The molecule has 170 valence electrons. The molecule has 2 aromatic heterocycles. The van der Waals surface area contributed by atoms with Crippen LogP contribution in [0.15, 0.2) is 70.5 Å². The lowest BCUT2D eigenvalue weighted by atomic mass is 10.1. The van der Waals surface area contributed by atoms with Gasteiger partial charge in [0, 0.05) is 39.4 Å². The van der Waals surface area contributed by atoms with Gasteiger partial charge in [0.1, 0.15) is 0 Å². The summed E-state index contributed by atoms with van der Waals surface area (Å²) in [4.78, 5) is 41.6. The fraction of sp³-hybridized carbons (Fsp3) is 0.250. The minimum atomic E-state index is -0.414. The number of nitrogens with zero attached hydrogens (tertiary/aromatic N) is 4. The van der Waals surface area contributed by atoms with Gasteiger partial charge in [-0.1, -0.05) is 42.5 Å². The van der Waals surface area contributed by atoms with Crippen molar-refractivity contribution < 1.29 is 4.79 Å². The molecule has 2 N–H and O–H groups in total. The molecule has 0 saturated heterocycles. The molecule has 0 atom stereocenters. The zero-order chi connectivity index (χ0) is 23.4. The van der Waals surface area contributed by atoms with Crippen molar-refractivity contribution in [1.29, 1.82) is 0 Å². The van der Waals surface area contributed by atoms with Crippen LogP contribution >= 0.6 is 0 Å². The predicted molar refractivity (Wildman–Crippen MR) is 128 cm³/mol. The van der Waals surface area contributed by atoms with Crippen LogP contribution in [0.1, 0.15) is 15.9 Å². The average molecular weight is 447 g/mol. The zero-order valence-corrected chi connectivity index (χ0v) is 18.6. The standard InChI is InChI=1S/C24H26N6O3/c1-28-21-20(23(32)29(2)24(28)33)30(16-27-21)15-14-25-19-11-7-6-10-18(19)22(31)26-13-12-17-8-4-3-5-9-17/h3-11,16,25H,12-15H2,1-2H3,(H,26,31). The number of imidazole rings is 1. The molecule has 0 radical (unpaired) electrons. The van der Waals surface area contributed by atoms with Crippen molar-refractivity contribution in [3.8, 4) is 0 Å². The van der Waals surface area contributed by atoms with Crippen LogP contribution in [-0.2, 0) is 27.1 Å². The van der Waals surface area contributed by atoms with Crippen LogP contribution in [0.4, 0.5) is 5.69 Å². The van der Waals surface area contributed by atoms with Gasteiger partial charge in [-0.2, -0.15) is 0 Å². The molecule has 0 aliphatic heterocycles. The Morgan fingerprint density at radius 1 is 0.939 bits per heavy atom. The molecular formula is C24H26N6O3. The Balaban J connectivity index is 1.42. The van der Waals surface area contributed by atoms with Gasteiger partial charge in [-0.15, -0.1) is 0 Å². The minimum absolute atomic E-state index is 0.147. The summed E-state index contributed by atoms with van der Waals surface area (Å²) in [6, 6.07) is 17.3. The summed E-state index contributed by atoms with van der Waals surface area (Å²) in [7, 11) is 3.04. The molecule has 9 heteroatoms. The fourth-order valence-electron chi connectivity index (χ4n) is 3.77. The molecule has 0 aliphatic carbocycles. The third-order valence-electron chi connectivity index (χ3n) is 5.60. The molecule has 4 rings (SSSR count).